The van der Waals surface area contributed by atoms with E-state index in [9.17, 15) is 0 Å². The van der Waals surface area contributed by atoms with Gasteiger partial charge in [-0.1, -0.05) is 170 Å². The Kier molecular flexibility index (Phi) is 7.52. The molecule has 0 unspecified atom stereocenters. The first-order chi connectivity index (χ1) is 27.7. The standard InChI is InChI=1S/C52H33N3O/c1-4-14-33(15-5-1)36-26-27-37-31-47-41(46(37)30-36)22-12-25-45(47)52-54-50(35-18-8-3-9-19-35)53-51(55-52)38-28-29-42-44-24-13-23-43(49(44)56-48(42)32-38)40-21-11-10-20-39(40)34-16-6-2-7-17-34/h1-30,32H,31H2. The number of hydrogen-bond acceptors (Lipinski definition) is 4. The fourth-order valence-electron chi connectivity index (χ4n) is 8.30. The number of benzene rings is 8. The average Bonchev–Trinajstić information content (AvgIpc) is 3.85. The molecule has 10 aromatic rings. The topological polar surface area (TPSA) is 51.8 Å². The van der Waals surface area contributed by atoms with E-state index in [-0.39, 0.29) is 0 Å². The van der Waals surface area contributed by atoms with Crippen LogP contribution < -0.4 is 0 Å². The molecule has 0 fully saturated rings. The highest BCUT2D eigenvalue weighted by molar-refractivity contribution is 6.11. The predicted octanol–water partition coefficient (Wildman–Crippen LogP) is 13.3. The van der Waals surface area contributed by atoms with Crippen LogP contribution in [-0.2, 0) is 6.42 Å². The van der Waals surface area contributed by atoms with Crippen LogP contribution in [0.2, 0.25) is 0 Å². The third-order valence-electron chi connectivity index (χ3n) is 11.0. The first kappa shape index (κ1) is 32.0. The lowest BCUT2D eigenvalue weighted by atomic mass is 9.93. The molecular formula is C52H33N3O. The summed E-state index contributed by atoms with van der Waals surface area (Å²) >= 11 is 0. The van der Waals surface area contributed by atoms with Crippen LogP contribution in [0.4, 0.5) is 0 Å². The van der Waals surface area contributed by atoms with Gasteiger partial charge in [-0.05, 0) is 74.7 Å². The average molecular weight is 716 g/mol. The number of para-hydroxylation sites is 1. The van der Waals surface area contributed by atoms with Crippen molar-refractivity contribution in [2.45, 2.75) is 6.42 Å². The van der Waals surface area contributed by atoms with Gasteiger partial charge < -0.3 is 4.42 Å². The first-order valence-corrected chi connectivity index (χ1v) is 19.0. The van der Waals surface area contributed by atoms with Gasteiger partial charge in [0.25, 0.3) is 0 Å². The molecule has 0 saturated heterocycles. The van der Waals surface area contributed by atoms with Crippen LogP contribution in [0.3, 0.4) is 0 Å². The van der Waals surface area contributed by atoms with Crippen LogP contribution in [0.1, 0.15) is 11.1 Å². The lowest BCUT2D eigenvalue weighted by molar-refractivity contribution is 0.670. The summed E-state index contributed by atoms with van der Waals surface area (Å²) in [5.41, 5.74) is 16.5. The van der Waals surface area contributed by atoms with Gasteiger partial charge >= 0.3 is 0 Å². The summed E-state index contributed by atoms with van der Waals surface area (Å²) < 4.78 is 6.79. The number of aromatic nitrogens is 3. The molecule has 0 atom stereocenters. The van der Waals surface area contributed by atoms with E-state index in [0.29, 0.717) is 17.5 Å². The van der Waals surface area contributed by atoms with Crippen LogP contribution in [-0.4, -0.2) is 15.0 Å². The van der Waals surface area contributed by atoms with Crippen LogP contribution in [0.5, 0.6) is 0 Å². The zero-order valence-electron chi connectivity index (χ0n) is 30.4. The molecule has 0 spiro atoms. The molecule has 0 radical (unpaired) electrons. The molecule has 0 N–H and O–H groups in total. The number of nitrogens with zero attached hydrogens (tertiary/aromatic N) is 3. The van der Waals surface area contributed by atoms with Crippen molar-refractivity contribution in [3.8, 4) is 78.7 Å². The molecule has 0 amide bonds. The monoisotopic (exact) mass is 715 g/mol. The van der Waals surface area contributed by atoms with Crippen molar-refractivity contribution in [1.29, 1.82) is 0 Å². The van der Waals surface area contributed by atoms with E-state index >= 15 is 0 Å². The molecule has 0 bridgehead atoms. The fourth-order valence-corrected chi connectivity index (χ4v) is 8.30. The fraction of sp³-hybridized carbons (Fsp3) is 0.0192. The predicted molar refractivity (Wildman–Crippen MR) is 228 cm³/mol. The largest absolute Gasteiger partial charge is 0.455 e. The minimum absolute atomic E-state index is 0.602. The Morgan fingerprint density at radius 3 is 1.71 bits per heavy atom. The summed E-state index contributed by atoms with van der Waals surface area (Å²) in [4.78, 5) is 15.4. The molecule has 2 aromatic heterocycles. The molecule has 56 heavy (non-hydrogen) atoms. The van der Waals surface area contributed by atoms with Gasteiger partial charge in [-0.25, -0.2) is 15.0 Å². The number of furan rings is 1. The second-order valence-corrected chi connectivity index (χ2v) is 14.3. The van der Waals surface area contributed by atoms with Crippen molar-refractivity contribution >= 4 is 21.9 Å². The quantitative estimate of drug-likeness (QED) is 0.172. The Morgan fingerprint density at radius 2 is 0.929 bits per heavy atom. The van der Waals surface area contributed by atoms with E-state index in [2.05, 4.69) is 170 Å². The van der Waals surface area contributed by atoms with E-state index in [0.717, 1.165) is 56.2 Å². The van der Waals surface area contributed by atoms with Crippen molar-refractivity contribution in [2.24, 2.45) is 0 Å². The summed E-state index contributed by atoms with van der Waals surface area (Å²) in [5, 5.41) is 2.12. The van der Waals surface area contributed by atoms with Gasteiger partial charge in [-0.3, -0.25) is 0 Å². The third kappa shape index (κ3) is 5.42. The van der Waals surface area contributed by atoms with Crippen molar-refractivity contribution < 1.29 is 4.42 Å². The Labute approximate surface area is 324 Å². The van der Waals surface area contributed by atoms with Crippen LogP contribution in [0, 0.1) is 0 Å². The molecule has 2 heterocycles. The molecule has 8 aromatic carbocycles. The second-order valence-electron chi connectivity index (χ2n) is 14.3. The third-order valence-corrected chi connectivity index (χ3v) is 11.0. The number of hydrogen-bond donors (Lipinski definition) is 0. The van der Waals surface area contributed by atoms with Gasteiger partial charge in [0.05, 0.1) is 0 Å². The Balaban J connectivity index is 1.04. The molecule has 1 aliphatic carbocycles. The molecule has 262 valence electrons. The number of rotatable bonds is 6. The highest BCUT2D eigenvalue weighted by Crippen LogP contribution is 2.44. The van der Waals surface area contributed by atoms with Gasteiger partial charge in [0.1, 0.15) is 11.2 Å². The van der Waals surface area contributed by atoms with Gasteiger partial charge in [0.2, 0.25) is 0 Å². The zero-order chi connectivity index (χ0) is 37.0. The maximum atomic E-state index is 6.79. The minimum Gasteiger partial charge on any atom is -0.455 e. The van der Waals surface area contributed by atoms with Gasteiger partial charge in [-0.15, -0.1) is 0 Å². The number of fused-ring (bicyclic) bond motifs is 6. The Morgan fingerprint density at radius 1 is 0.339 bits per heavy atom. The van der Waals surface area contributed by atoms with Crippen LogP contribution in [0.15, 0.2) is 192 Å². The highest BCUT2D eigenvalue weighted by atomic mass is 16.3. The summed E-state index contributed by atoms with van der Waals surface area (Å²) in [6.45, 7) is 0. The molecular weight excluding hydrogens is 683 g/mol. The Hall–Kier alpha value is -7.43. The maximum Gasteiger partial charge on any atom is 0.164 e. The van der Waals surface area contributed by atoms with Gasteiger partial charge in [0.15, 0.2) is 17.5 Å². The normalized spacial score (nSPS) is 11.9. The van der Waals surface area contributed by atoms with Crippen molar-refractivity contribution in [1.82, 2.24) is 15.0 Å². The lowest BCUT2D eigenvalue weighted by Crippen LogP contribution is -2.01. The summed E-state index contributed by atoms with van der Waals surface area (Å²) in [6, 6.07) is 65.8. The van der Waals surface area contributed by atoms with E-state index in [4.69, 9.17) is 19.4 Å². The van der Waals surface area contributed by atoms with Crippen molar-refractivity contribution in [3.63, 3.8) is 0 Å². The molecule has 4 nitrogen and oxygen atoms in total. The molecule has 1 aliphatic rings. The maximum absolute atomic E-state index is 6.79. The summed E-state index contributed by atoms with van der Waals surface area (Å²) in [5.74, 6) is 1.89. The van der Waals surface area contributed by atoms with Crippen molar-refractivity contribution in [2.75, 3.05) is 0 Å². The van der Waals surface area contributed by atoms with E-state index in [1.807, 2.05) is 18.2 Å². The molecule has 11 rings (SSSR count). The zero-order valence-corrected chi connectivity index (χ0v) is 30.4. The lowest BCUT2D eigenvalue weighted by Gasteiger charge is -2.11. The summed E-state index contributed by atoms with van der Waals surface area (Å²) in [6.07, 6.45) is 0.818. The Bertz CT molecular complexity index is 3100. The van der Waals surface area contributed by atoms with E-state index < -0.39 is 0 Å². The molecule has 0 saturated carbocycles. The molecule has 0 aliphatic heterocycles. The molecule has 4 heteroatoms. The van der Waals surface area contributed by atoms with Gasteiger partial charge in [-0.2, -0.15) is 0 Å². The van der Waals surface area contributed by atoms with Crippen molar-refractivity contribution in [3.05, 3.63) is 199 Å². The SMILES string of the molecule is c1ccc(-c2ccc3c(c2)-c2cccc(-c4nc(-c5ccccc5)nc(-c5ccc6c(c5)oc5c(-c7ccccc7-c7ccccc7)cccc56)n4)c2C3)cc1. The highest BCUT2D eigenvalue weighted by Gasteiger charge is 2.25. The van der Waals surface area contributed by atoms with Crippen LogP contribution in [0.25, 0.3) is 101 Å². The minimum atomic E-state index is 0.602. The van der Waals surface area contributed by atoms with Gasteiger partial charge in [0, 0.05) is 33.0 Å². The van der Waals surface area contributed by atoms with E-state index in [1.165, 1.54) is 44.5 Å². The summed E-state index contributed by atoms with van der Waals surface area (Å²) in [7, 11) is 0. The second kappa shape index (κ2) is 13.2. The van der Waals surface area contributed by atoms with E-state index in [1.54, 1.807) is 0 Å². The van der Waals surface area contributed by atoms with Crippen LogP contribution >= 0.6 is 0 Å². The smallest absolute Gasteiger partial charge is 0.164 e. The first-order valence-electron chi connectivity index (χ1n) is 19.0.